The molecular weight excluding hydrogens is 216 g/mol. The molecule has 0 spiro atoms. The van der Waals surface area contributed by atoms with E-state index in [4.69, 9.17) is 6.42 Å². The third-order valence-electron chi connectivity index (χ3n) is 2.70. The second-order valence-corrected chi connectivity index (χ2v) is 4.20. The molecule has 18 heavy (non-hydrogen) atoms. The van der Waals surface area contributed by atoms with Crippen LogP contribution in [-0.2, 0) is 0 Å². The number of terminal acetylenes is 1. The summed E-state index contributed by atoms with van der Waals surface area (Å²) in [5.74, 6) is 8.98. The largest absolute Gasteiger partial charge is 0.115 e. The van der Waals surface area contributed by atoms with Gasteiger partial charge in [0.25, 0.3) is 0 Å². The normalized spacial score (nSPS) is 9.78. The minimum absolute atomic E-state index is 0.979. The van der Waals surface area contributed by atoms with Gasteiger partial charge in [-0.15, -0.1) is 6.42 Å². The van der Waals surface area contributed by atoms with Crippen molar-refractivity contribution in [2.45, 2.75) is 39.0 Å². The molecule has 0 aliphatic heterocycles. The van der Waals surface area contributed by atoms with Crippen molar-refractivity contribution in [1.29, 1.82) is 0 Å². The predicted octanol–water partition coefficient (Wildman–Crippen LogP) is 4.65. The Morgan fingerprint density at radius 2 is 2.00 bits per heavy atom. The van der Waals surface area contributed by atoms with E-state index < -0.39 is 0 Å². The third-order valence-corrected chi connectivity index (χ3v) is 2.70. The molecule has 0 bridgehead atoms. The Labute approximate surface area is 111 Å². The Kier molecular flexibility index (Phi) is 7.19. The highest BCUT2D eigenvalue weighted by Gasteiger charge is 1.93. The molecule has 0 amide bonds. The van der Waals surface area contributed by atoms with Gasteiger partial charge in [-0.3, -0.25) is 0 Å². The molecule has 0 fully saturated rings. The van der Waals surface area contributed by atoms with Crippen LogP contribution in [-0.4, -0.2) is 0 Å². The molecule has 0 unspecified atom stereocenters. The molecule has 0 heterocycles. The maximum absolute atomic E-state index is 5.22. The first kappa shape index (κ1) is 14.1. The van der Waals surface area contributed by atoms with Gasteiger partial charge in [-0.25, -0.2) is 0 Å². The van der Waals surface area contributed by atoms with Gasteiger partial charge in [0.15, 0.2) is 0 Å². The van der Waals surface area contributed by atoms with E-state index in [1.165, 1.54) is 25.7 Å². The van der Waals surface area contributed by atoms with Crippen molar-refractivity contribution in [3.05, 3.63) is 41.5 Å². The van der Waals surface area contributed by atoms with E-state index in [2.05, 4.69) is 24.7 Å². The van der Waals surface area contributed by atoms with Crippen LogP contribution in [0.1, 0.15) is 50.2 Å². The number of hydrogen-bond donors (Lipinski definition) is 0. The summed E-state index contributed by atoms with van der Waals surface area (Å²) in [6.07, 6.45) is 14.9. The van der Waals surface area contributed by atoms with E-state index in [0.29, 0.717) is 0 Å². The molecule has 0 atom stereocenters. The van der Waals surface area contributed by atoms with Crippen LogP contribution in [0.3, 0.4) is 0 Å². The second-order valence-electron chi connectivity index (χ2n) is 4.20. The Bertz CT molecular complexity index is 475. The molecule has 0 aliphatic rings. The minimum Gasteiger partial charge on any atom is -0.115 e. The molecule has 1 aromatic carbocycles. The minimum atomic E-state index is 0.979. The number of unbranched alkanes of at least 4 members (excludes halogenated alkanes) is 4. The molecule has 0 nitrogen and oxygen atoms in total. The van der Waals surface area contributed by atoms with Crippen LogP contribution in [0.4, 0.5) is 0 Å². The van der Waals surface area contributed by atoms with E-state index in [9.17, 15) is 0 Å². The highest BCUT2D eigenvalue weighted by molar-refractivity contribution is 5.60. The molecule has 0 aliphatic carbocycles. The van der Waals surface area contributed by atoms with Gasteiger partial charge in [0, 0.05) is 12.0 Å². The zero-order valence-electron chi connectivity index (χ0n) is 11.1. The zero-order chi connectivity index (χ0) is 13.1. The fourth-order valence-electron chi connectivity index (χ4n) is 1.69. The standard InChI is InChI=1S/C18H20/c1-3-5-7-8-9-10-14-18-16-12-11-15-17(18)13-6-4-2/h2,6,11-13,15-16H,3,5,7-9H2,1H3. The summed E-state index contributed by atoms with van der Waals surface area (Å²) < 4.78 is 0. The molecule has 92 valence electrons. The first-order chi connectivity index (χ1) is 8.88. The fraction of sp³-hybridized carbons (Fsp3) is 0.333. The van der Waals surface area contributed by atoms with Crippen molar-refractivity contribution in [1.82, 2.24) is 0 Å². The van der Waals surface area contributed by atoms with Crippen LogP contribution in [0.25, 0.3) is 6.08 Å². The van der Waals surface area contributed by atoms with Gasteiger partial charge in [0.2, 0.25) is 0 Å². The van der Waals surface area contributed by atoms with Crippen LogP contribution in [0.2, 0.25) is 0 Å². The van der Waals surface area contributed by atoms with Crippen LogP contribution >= 0.6 is 0 Å². The molecule has 0 heteroatoms. The molecular formula is C18H20. The first-order valence-electron chi connectivity index (χ1n) is 6.59. The quantitative estimate of drug-likeness (QED) is 0.515. The summed E-state index contributed by atoms with van der Waals surface area (Å²) in [5, 5.41) is 0. The average Bonchev–Trinajstić information content (AvgIpc) is 2.41. The van der Waals surface area contributed by atoms with Gasteiger partial charge >= 0.3 is 0 Å². The van der Waals surface area contributed by atoms with Gasteiger partial charge in [0.05, 0.1) is 0 Å². The number of hydrogen-bond acceptors (Lipinski definition) is 0. The smallest absolute Gasteiger partial charge is 0.0317 e. The summed E-state index contributed by atoms with van der Waals surface area (Å²) in [6, 6.07) is 8.08. The molecule has 0 N–H and O–H groups in total. The van der Waals surface area contributed by atoms with Gasteiger partial charge in [-0.2, -0.15) is 0 Å². The average molecular weight is 236 g/mol. The van der Waals surface area contributed by atoms with Crippen LogP contribution in [0, 0.1) is 24.2 Å². The van der Waals surface area contributed by atoms with E-state index in [0.717, 1.165) is 17.5 Å². The number of benzene rings is 1. The maximum atomic E-state index is 5.22. The Hall–Kier alpha value is -1.92. The third kappa shape index (κ3) is 5.42. The second kappa shape index (κ2) is 9.15. The van der Waals surface area contributed by atoms with E-state index >= 15 is 0 Å². The monoisotopic (exact) mass is 236 g/mol. The van der Waals surface area contributed by atoms with E-state index in [-0.39, 0.29) is 0 Å². The van der Waals surface area contributed by atoms with Gasteiger partial charge in [-0.05, 0) is 30.2 Å². The zero-order valence-corrected chi connectivity index (χ0v) is 11.1. The number of rotatable bonds is 5. The molecule has 0 saturated carbocycles. The molecule has 1 rings (SSSR count). The highest BCUT2D eigenvalue weighted by Crippen LogP contribution is 2.09. The van der Waals surface area contributed by atoms with E-state index in [1.807, 2.05) is 30.3 Å². The van der Waals surface area contributed by atoms with Crippen molar-refractivity contribution in [3.63, 3.8) is 0 Å². The number of allylic oxidation sites excluding steroid dienone is 1. The van der Waals surface area contributed by atoms with Gasteiger partial charge in [-0.1, -0.05) is 62.1 Å². The molecule has 0 radical (unpaired) electrons. The van der Waals surface area contributed by atoms with Crippen LogP contribution < -0.4 is 0 Å². The van der Waals surface area contributed by atoms with Gasteiger partial charge in [0.1, 0.15) is 0 Å². The maximum Gasteiger partial charge on any atom is 0.0317 e. The lowest BCUT2D eigenvalue weighted by atomic mass is 10.1. The Morgan fingerprint density at radius 1 is 1.17 bits per heavy atom. The summed E-state index contributed by atoms with van der Waals surface area (Å²) in [6.45, 7) is 2.22. The first-order valence-corrected chi connectivity index (χ1v) is 6.59. The molecule has 1 aromatic rings. The van der Waals surface area contributed by atoms with Crippen molar-refractivity contribution in [3.8, 4) is 24.2 Å². The Morgan fingerprint density at radius 3 is 2.78 bits per heavy atom. The molecule has 0 saturated heterocycles. The van der Waals surface area contributed by atoms with Crippen molar-refractivity contribution < 1.29 is 0 Å². The van der Waals surface area contributed by atoms with Crippen LogP contribution in [0.15, 0.2) is 30.3 Å². The lowest BCUT2D eigenvalue weighted by Gasteiger charge is -1.97. The predicted molar refractivity (Wildman–Crippen MR) is 79.9 cm³/mol. The lowest BCUT2D eigenvalue weighted by Crippen LogP contribution is -1.81. The van der Waals surface area contributed by atoms with Gasteiger partial charge < -0.3 is 0 Å². The summed E-state index contributed by atoms with van der Waals surface area (Å²) in [4.78, 5) is 0. The van der Waals surface area contributed by atoms with Crippen molar-refractivity contribution >= 4 is 6.08 Å². The Balaban J connectivity index is 2.59. The topological polar surface area (TPSA) is 0 Å². The van der Waals surface area contributed by atoms with Crippen LogP contribution in [0.5, 0.6) is 0 Å². The SMILES string of the molecule is C#CC=Cc1ccccc1C#CCCCCCC. The summed E-state index contributed by atoms with van der Waals surface area (Å²) in [5.41, 5.74) is 2.15. The molecule has 0 aromatic heterocycles. The van der Waals surface area contributed by atoms with Crippen molar-refractivity contribution in [2.24, 2.45) is 0 Å². The fourth-order valence-corrected chi connectivity index (χ4v) is 1.69. The van der Waals surface area contributed by atoms with Crippen molar-refractivity contribution in [2.75, 3.05) is 0 Å². The highest BCUT2D eigenvalue weighted by atomic mass is 14.0. The summed E-state index contributed by atoms with van der Waals surface area (Å²) in [7, 11) is 0. The van der Waals surface area contributed by atoms with E-state index in [1.54, 1.807) is 6.08 Å². The summed E-state index contributed by atoms with van der Waals surface area (Å²) >= 11 is 0. The lowest BCUT2D eigenvalue weighted by molar-refractivity contribution is 0.679.